The molecule has 26 heavy (non-hydrogen) atoms. The van der Waals surface area contributed by atoms with Crippen molar-refractivity contribution in [3.05, 3.63) is 66.4 Å². The quantitative estimate of drug-likeness (QED) is 0.473. The first kappa shape index (κ1) is 16.8. The zero-order valence-electron chi connectivity index (χ0n) is 14.1. The monoisotopic (exact) mass is 381 g/mol. The van der Waals surface area contributed by atoms with Gasteiger partial charge in [-0.15, -0.1) is 11.6 Å². The van der Waals surface area contributed by atoms with E-state index in [0.29, 0.717) is 5.88 Å². The highest BCUT2D eigenvalue weighted by Gasteiger charge is 2.10. The maximum Gasteiger partial charge on any atom is 0.190 e. The lowest BCUT2D eigenvalue weighted by Crippen LogP contribution is -2.10. The van der Waals surface area contributed by atoms with Crippen molar-refractivity contribution in [3.63, 3.8) is 0 Å². The Balaban J connectivity index is 1.61. The minimum absolute atomic E-state index is 0.452. The summed E-state index contributed by atoms with van der Waals surface area (Å²) in [6.45, 7) is 0. The Labute approximate surface area is 160 Å². The summed E-state index contributed by atoms with van der Waals surface area (Å²) in [6, 6.07) is 17.9. The van der Waals surface area contributed by atoms with Crippen molar-refractivity contribution in [3.8, 4) is 0 Å². The molecule has 1 aromatic carbocycles. The van der Waals surface area contributed by atoms with Gasteiger partial charge in [-0.25, -0.2) is 15.0 Å². The number of para-hydroxylation sites is 1. The van der Waals surface area contributed by atoms with Gasteiger partial charge in [0, 0.05) is 24.8 Å². The Hall–Kier alpha value is -2.70. The Bertz CT molecular complexity index is 1030. The number of benzene rings is 1. The summed E-state index contributed by atoms with van der Waals surface area (Å²) >= 11 is 7.38. The first-order valence-corrected chi connectivity index (χ1v) is 9.42. The van der Waals surface area contributed by atoms with E-state index in [9.17, 15) is 0 Å². The van der Waals surface area contributed by atoms with Crippen LogP contribution in [0, 0.1) is 0 Å². The SMILES string of the molecule is CN(c1ccccc1)c1ccc2nc(Nc3cc(CCl)ccn3)sc2n1. The van der Waals surface area contributed by atoms with Crippen LogP contribution in [0.15, 0.2) is 60.8 Å². The van der Waals surface area contributed by atoms with Gasteiger partial charge in [-0.3, -0.25) is 0 Å². The number of hydrogen-bond acceptors (Lipinski definition) is 6. The molecule has 0 radical (unpaired) electrons. The topological polar surface area (TPSA) is 53.9 Å². The van der Waals surface area contributed by atoms with E-state index in [-0.39, 0.29) is 0 Å². The Morgan fingerprint density at radius 2 is 1.92 bits per heavy atom. The molecule has 0 fully saturated rings. The summed E-state index contributed by atoms with van der Waals surface area (Å²) in [5, 5.41) is 3.99. The molecule has 3 aromatic heterocycles. The fourth-order valence-electron chi connectivity index (χ4n) is 2.57. The molecule has 0 aliphatic heterocycles. The number of halogens is 1. The van der Waals surface area contributed by atoms with Gasteiger partial charge in [0.15, 0.2) is 5.13 Å². The van der Waals surface area contributed by atoms with Gasteiger partial charge in [-0.2, -0.15) is 0 Å². The van der Waals surface area contributed by atoms with E-state index in [2.05, 4.69) is 32.3 Å². The van der Waals surface area contributed by atoms with Crippen LogP contribution in [0.1, 0.15) is 5.56 Å². The Morgan fingerprint density at radius 3 is 2.73 bits per heavy atom. The molecule has 1 N–H and O–H groups in total. The highest BCUT2D eigenvalue weighted by molar-refractivity contribution is 7.21. The Morgan fingerprint density at radius 1 is 1.08 bits per heavy atom. The van der Waals surface area contributed by atoms with Gasteiger partial charge in [-0.05, 0) is 42.0 Å². The second-order valence-corrected chi connectivity index (χ2v) is 6.96. The van der Waals surface area contributed by atoms with Crippen LogP contribution in [-0.4, -0.2) is 22.0 Å². The highest BCUT2D eigenvalue weighted by atomic mass is 35.5. The third kappa shape index (κ3) is 3.47. The molecule has 0 bridgehead atoms. The minimum atomic E-state index is 0.452. The molecule has 0 aliphatic rings. The molecular formula is C19H16ClN5S. The van der Waals surface area contributed by atoms with Crippen LogP contribution in [0.3, 0.4) is 0 Å². The van der Waals surface area contributed by atoms with Crippen molar-refractivity contribution in [1.82, 2.24) is 15.0 Å². The predicted octanol–water partition coefficient (Wildman–Crippen LogP) is 5.34. The van der Waals surface area contributed by atoms with Crippen molar-refractivity contribution >= 4 is 55.7 Å². The number of nitrogens with zero attached hydrogens (tertiary/aromatic N) is 4. The van der Waals surface area contributed by atoms with Crippen LogP contribution in [0.25, 0.3) is 10.3 Å². The van der Waals surface area contributed by atoms with Gasteiger partial charge >= 0.3 is 0 Å². The number of fused-ring (bicyclic) bond motifs is 1. The molecule has 0 spiro atoms. The molecule has 3 heterocycles. The number of thiazole rings is 1. The van der Waals surface area contributed by atoms with Gasteiger partial charge in [0.25, 0.3) is 0 Å². The van der Waals surface area contributed by atoms with E-state index in [0.717, 1.165) is 38.4 Å². The molecule has 0 unspecified atom stereocenters. The van der Waals surface area contributed by atoms with Crippen LogP contribution in [0.4, 0.5) is 22.5 Å². The van der Waals surface area contributed by atoms with Crippen molar-refractivity contribution in [2.75, 3.05) is 17.3 Å². The normalized spacial score (nSPS) is 10.8. The van der Waals surface area contributed by atoms with Gasteiger partial charge in [0.1, 0.15) is 22.0 Å². The molecule has 0 saturated carbocycles. The second-order valence-electron chi connectivity index (χ2n) is 5.72. The summed E-state index contributed by atoms with van der Waals surface area (Å²) in [7, 11) is 2.01. The molecule has 0 amide bonds. The number of pyridine rings is 2. The van der Waals surface area contributed by atoms with Crippen molar-refractivity contribution < 1.29 is 0 Å². The number of anilines is 4. The molecule has 0 saturated heterocycles. The number of alkyl halides is 1. The second kappa shape index (κ2) is 7.27. The molecule has 130 valence electrons. The molecule has 4 aromatic rings. The number of rotatable bonds is 5. The van der Waals surface area contributed by atoms with E-state index in [1.807, 2.05) is 49.5 Å². The van der Waals surface area contributed by atoms with Crippen LogP contribution in [0.2, 0.25) is 0 Å². The standard InChI is InChI=1S/C19H16ClN5S/c1-25(14-5-3-2-4-6-14)17-8-7-15-18(24-17)26-19(22-15)23-16-11-13(12-20)9-10-21-16/h2-11H,12H2,1H3,(H,21,22,23). The van der Waals surface area contributed by atoms with Crippen molar-refractivity contribution in [2.45, 2.75) is 5.88 Å². The Kier molecular flexibility index (Phi) is 4.69. The zero-order valence-corrected chi connectivity index (χ0v) is 15.6. The van der Waals surface area contributed by atoms with Crippen LogP contribution in [-0.2, 0) is 5.88 Å². The van der Waals surface area contributed by atoms with Crippen LogP contribution in [0.5, 0.6) is 0 Å². The lowest BCUT2D eigenvalue weighted by Gasteiger charge is -2.17. The van der Waals surface area contributed by atoms with E-state index in [4.69, 9.17) is 16.6 Å². The van der Waals surface area contributed by atoms with E-state index >= 15 is 0 Å². The first-order chi connectivity index (χ1) is 12.7. The molecule has 4 rings (SSSR count). The van der Waals surface area contributed by atoms with Gasteiger partial charge < -0.3 is 10.2 Å². The fraction of sp³-hybridized carbons (Fsp3) is 0.105. The maximum atomic E-state index is 5.88. The largest absolute Gasteiger partial charge is 0.329 e. The number of hydrogen-bond donors (Lipinski definition) is 1. The van der Waals surface area contributed by atoms with E-state index in [1.165, 1.54) is 11.3 Å². The average molecular weight is 382 g/mol. The van der Waals surface area contributed by atoms with Crippen molar-refractivity contribution in [1.29, 1.82) is 0 Å². The van der Waals surface area contributed by atoms with Gasteiger partial charge in [0.05, 0.1) is 0 Å². The average Bonchev–Trinajstić information content (AvgIpc) is 3.09. The summed E-state index contributed by atoms with van der Waals surface area (Å²) in [5.41, 5.74) is 2.95. The molecular weight excluding hydrogens is 366 g/mol. The van der Waals surface area contributed by atoms with Gasteiger partial charge in [0.2, 0.25) is 0 Å². The fourth-order valence-corrected chi connectivity index (χ4v) is 3.57. The van der Waals surface area contributed by atoms with Crippen LogP contribution < -0.4 is 10.2 Å². The summed E-state index contributed by atoms with van der Waals surface area (Å²) in [5.74, 6) is 2.05. The zero-order chi connectivity index (χ0) is 17.9. The van der Waals surface area contributed by atoms with E-state index < -0.39 is 0 Å². The summed E-state index contributed by atoms with van der Waals surface area (Å²) < 4.78 is 0. The lowest BCUT2D eigenvalue weighted by molar-refractivity contribution is 1.15. The molecule has 0 atom stereocenters. The molecule has 7 heteroatoms. The molecule has 5 nitrogen and oxygen atoms in total. The van der Waals surface area contributed by atoms with Crippen LogP contribution >= 0.6 is 22.9 Å². The minimum Gasteiger partial charge on any atom is -0.329 e. The third-order valence-corrected chi connectivity index (χ3v) is 5.13. The summed E-state index contributed by atoms with van der Waals surface area (Å²) in [6.07, 6.45) is 1.73. The lowest BCUT2D eigenvalue weighted by atomic mass is 10.3. The predicted molar refractivity (Wildman–Crippen MR) is 109 cm³/mol. The number of nitrogens with one attached hydrogen (secondary N) is 1. The number of aromatic nitrogens is 3. The third-order valence-electron chi connectivity index (χ3n) is 3.94. The smallest absolute Gasteiger partial charge is 0.190 e. The highest BCUT2D eigenvalue weighted by Crippen LogP contribution is 2.30. The molecule has 0 aliphatic carbocycles. The first-order valence-electron chi connectivity index (χ1n) is 8.07. The summed E-state index contributed by atoms with van der Waals surface area (Å²) in [4.78, 5) is 16.6. The van der Waals surface area contributed by atoms with Crippen molar-refractivity contribution in [2.24, 2.45) is 0 Å². The van der Waals surface area contributed by atoms with Gasteiger partial charge in [-0.1, -0.05) is 29.5 Å². The maximum absolute atomic E-state index is 5.88. The van der Waals surface area contributed by atoms with E-state index in [1.54, 1.807) is 6.20 Å².